The molecule has 3 aromatic rings. The molecular weight excluding hydrogens is 677 g/mol. The highest BCUT2D eigenvalue weighted by Gasteiger charge is 2.43. The van der Waals surface area contributed by atoms with Crippen LogP contribution in [0.2, 0.25) is 13.1 Å². The Labute approximate surface area is 321 Å². The second kappa shape index (κ2) is 18.6. The summed E-state index contributed by atoms with van der Waals surface area (Å²) in [6.45, 7) is 7.57. The molecule has 54 heavy (non-hydrogen) atoms. The molecule has 6 rings (SSSR count). The molecule has 11 heteroatoms. The molecule has 3 saturated heterocycles. The van der Waals surface area contributed by atoms with Crippen LogP contribution in [0.1, 0.15) is 56.6 Å². The zero-order chi connectivity index (χ0) is 38.0. The van der Waals surface area contributed by atoms with Crippen molar-refractivity contribution in [3.63, 3.8) is 0 Å². The van der Waals surface area contributed by atoms with Crippen LogP contribution in [0.25, 0.3) is 11.1 Å². The van der Waals surface area contributed by atoms with E-state index in [0.717, 1.165) is 80.9 Å². The van der Waals surface area contributed by atoms with Crippen molar-refractivity contribution < 1.29 is 24.3 Å². The van der Waals surface area contributed by atoms with E-state index >= 15 is 0 Å². The Hall–Kier alpha value is -4.64. The fraction of sp³-hybridized carbons (Fsp3) is 0.488. The molecule has 0 radical (unpaired) electrons. The molecule has 0 bridgehead atoms. The molecule has 3 heterocycles. The lowest BCUT2D eigenvalue weighted by atomic mass is 9.76. The van der Waals surface area contributed by atoms with Crippen molar-refractivity contribution >= 4 is 30.9 Å². The highest BCUT2D eigenvalue weighted by Crippen LogP contribution is 2.27. The van der Waals surface area contributed by atoms with Crippen molar-refractivity contribution in [1.29, 1.82) is 0 Å². The van der Waals surface area contributed by atoms with Gasteiger partial charge in [-0.2, -0.15) is 0 Å². The number of hydrogen-bond acceptors (Lipinski definition) is 6. The topological polar surface area (TPSA) is 114 Å². The summed E-state index contributed by atoms with van der Waals surface area (Å²) in [4.78, 5) is 61.7. The molecule has 4 amide bonds. The Kier molecular flexibility index (Phi) is 13.5. The van der Waals surface area contributed by atoms with Crippen molar-refractivity contribution in [1.82, 2.24) is 24.9 Å². The van der Waals surface area contributed by atoms with Gasteiger partial charge in [0, 0.05) is 50.8 Å². The number of nitrogens with zero attached hydrogens (tertiary/aromatic N) is 4. The molecule has 0 spiro atoms. The molecule has 1 unspecified atom stereocenters. The van der Waals surface area contributed by atoms with E-state index in [1.54, 1.807) is 17.0 Å². The molecule has 10 nitrogen and oxygen atoms in total. The number of phenolic OH excluding ortho intramolecular Hbond substituents is 1. The average molecular weight is 734 g/mol. The summed E-state index contributed by atoms with van der Waals surface area (Å²) in [6.07, 6.45) is 7.68. The summed E-state index contributed by atoms with van der Waals surface area (Å²) >= 11 is 0. The summed E-state index contributed by atoms with van der Waals surface area (Å²) < 4.78 is 0. The van der Waals surface area contributed by atoms with Gasteiger partial charge in [-0.3, -0.25) is 24.1 Å². The van der Waals surface area contributed by atoms with Crippen LogP contribution in [0, 0.1) is 0 Å². The maximum atomic E-state index is 14.1. The Bertz CT molecular complexity index is 1720. The SMILES string of the molecule is CBCCC[C@H]1CNC(=O)C(=O)N1C[C@@H]1CCCN1CC(CCC)N1C[C@@H](Cc2ccc(O)cc2)N(CCc2ccc(-c3ccccc3)cc2)C(=O)C1=O. The summed E-state index contributed by atoms with van der Waals surface area (Å²) in [5, 5.41) is 12.7. The van der Waals surface area contributed by atoms with Crippen LogP contribution in [0.3, 0.4) is 0 Å². The molecule has 4 atom stereocenters. The van der Waals surface area contributed by atoms with E-state index in [1.807, 2.05) is 40.1 Å². The van der Waals surface area contributed by atoms with Crippen LogP contribution in [0.5, 0.6) is 5.75 Å². The maximum absolute atomic E-state index is 14.1. The van der Waals surface area contributed by atoms with Crippen LogP contribution >= 0.6 is 0 Å². The Balaban J connectivity index is 1.17. The molecule has 286 valence electrons. The third-order valence-corrected chi connectivity index (χ3v) is 11.6. The number of carbonyl (C=O) groups is 4. The van der Waals surface area contributed by atoms with Gasteiger partial charge in [-0.25, -0.2) is 0 Å². The van der Waals surface area contributed by atoms with Gasteiger partial charge in [0.25, 0.3) is 0 Å². The predicted octanol–water partition coefficient (Wildman–Crippen LogP) is 4.53. The Morgan fingerprint density at radius 2 is 1.56 bits per heavy atom. The molecule has 3 aliphatic heterocycles. The lowest BCUT2D eigenvalue weighted by Gasteiger charge is -2.45. The van der Waals surface area contributed by atoms with Gasteiger partial charge in [0.1, 0.15) is 13.0 Å². The van der Waals surface area contributed by atoms with Gasteiger partial charge in [-0.1, -0.05) is 99.6 Å². The number of carbonyl (C=O) groups excluding carboxylic acids is 4. The molecule has 3 aliphatic rings. The van der Waals surface area contributed by atoms with Crippen LogP contribution < -0.4 is 5.32 Å². The largest absolute Gasteiger partial charge is 0.508 e. The Morgan fingerprint density at radius 1 is 0.833 bits per heavy atom. The fourth-order valence-corrected chi connectivity index (χ4v) is 8.57. The van der Waals surface area contributed by atoms with Gasteiger partial charge in [0.2, 0.25) is 0 Å². The minimum atomic E-state index is -0.527. The van der Waals surface area contributed by atoms with E-state index in [4.69, 9.17) is 0 Å². The number of benzene rings is 3. The fourth-order valence-electron chi connectivity index (χ4n) is 8.57. The summed E-state index contributed by atoms with van der Waals surface area (Å²) in [6, 6.07) is 25.4. The van der Waals surface area contributed by atoms with Crippen LogP contribution in [-0.4, -0.2) is 119 Å². The van der Waals surface area contributed by atoms with Crippen molar-refractivity contribution in [2.24, 2.45) is 0 Å². The predicted molar refractivity (Wildman–Crippen MR) is 213 cm³/mol. The Morgan fingerprint density at radius 3 is 2.28 bits per heavy atom. The van der Waals surface area contributed by atoms with Crippen molar-refractivity contribution in [2.75, 3.05) is 39.3 Å². The number of nitrogens with one attached hydrogen (secondary N) is 1. The number of likely N-dealkylation sites (tertiary alicyclic amines) is 1. The molecule has 0 aliphatic carbocycles. The quantitative estimate of drug-likeness (QED) is 0.120. The third-order valence-electron chi connectivity index (χ3n) is 11.6. The normalized spacial score (nSPS) is 21.4. The van der Waals surface area contributed by atoms with Gasteiger partial charge in [0.05, 0.1) is 6.04 Å². The zero-order valence-corrected chi connectivity index (χ0v) is 32.0. The van der Waals surface area contributed by atoms with E-state index in [-0.39, 0.29) is 29.9 Å². The number of amides is 4. The monoisotopic (exact) mass is 733 g/mol. The molecule has 0 saturated carbocycles. The number of aromatic hydroxyl groups is 1. The standard InChI is InChI=1S/C43H56BN5O5/c1-3-9-37(28-46-24-8-13-36(46)29-48-35(12-7-23-44-2)27-45-40(51)41(48)52)49-30-38(26-32-16-20-39(50)21-17-32)47(42(53)43(49)54)25-22-31-14-18-34(19-15-31)33-10-5-4-6-11-33/h4-6,10-11,14-21,35-38,44,50H,3,7-9,12-13,22-30H2,1-2H3,(H,45,51)/t35-,36-,37?,38+/m0/s1. The number of rotatable bonds is 17. The van der Waals surface area contributed by atoms with Gasteiger partial charge in [-0.05, 0) is 79.5 Å². The van der Waals surface area contributed by atoms with E-state index < -0.39 is 23.6 Å². The van der Waals surface area contributed by atoms with E-state index in [2.05, 4.69) is 60.4 Å². The van der Waals surface area contributed by atoms with Crippen molar-refractivity contribution in [3.05, 3.63) is 90.0 Å². The average Bonchev–Trinajstić information content (AvgIpc) is 3.63. The van der Waals surface area contributed by atoms with Gasteiger partial charge < -0.3 is 25.1 Å². The summed E-state index contributed by atoms with van der Waals surface area (Å²) in [7, 11) is 1.09. The first-order valence-corrected chi connectivity index (χ1v) is 20.1. The second-order valence-electron chi connectivity index (χ2n) is 15.3. The first-order valence-electron chi connectivity index (χ1n) is 20.1. The van der Waals surface area contributed by atoms with Crippen LogP contribution in [0.15, 0.2) is 78.9 Å². The minimum absolute atomic E-state index is 0.00892. The molecule has 0 aromatic heterocycles. The summed E-state index contributed by atoms with van der Waals surface area (Å²) in [5.41, 5.74) is 4.37. The highest BCUT2D eigenvalue weighted by molar-refractivity contribution is 6.36. The van der Waals surface area contributed by atoms with E-state index in [0.29, 0.717) is 45.6 Å². The number of phenols is 1. The summed E-state index contributed by atoms with van der Waals surface area (Å²) in [5.74, 6) is -1.70. The minimum Gasteiger partial charge on any atom is -0.508 e. The van der Waals surface area contributed by atoms with Gasteiger partial charge >= 0.3 is 23.6 Å². The van der Waals surface area contributed by atoms with Gasteiger partial charge in [0.15, 0.2) is 0 Å². The molecular formula is C43H56BN5O5. The first-order chi connectivity index (χ1) is 26.2. The molecule has 3 aromatic carbocycles. The third kappa shape index (κ3) is 9.53. The van der Waals surface area contributed by atoms with E-state index in [9.17, 15) is 24.3 Å². The maximum Gasteiger partial charge on any atom is 0.312 e. The van der Waals surface area contributed by atoms with Crippen molar-refractivity contribution in [3.8, 4) is 16.9 Å². The van der Waals surface area contributed by atoms with E-state index in [1.165, 1.54) is 0 Å². The number of hydrogen-bond donors (Lipinski definition) is 2. The number of piperazine rings is 2. The van der Waals surface area contributed by atoms with Crippen LogP contribution in [-0.2, 0) is 32.0 Å². The first kappa shape index (κ1) is 39.1. The highest BCUT2D eigenvalue weighted by atomic mass is 16.3. The smallest absolute Gasteiger partial charge is 0.312 e. The van der Waals surface area contributed by atoms with Crippen molar-refractivity contribution in [2.45, 2.75) is 95.6 Å². The lowest BCUT2D eigenvalue weighted by molar-refractivity contribution is -0.161. The van der Waals surface area contributed by atoms with Gasteiger partial charge in [-0.15, -0.1) is 0 Å². The molecule has 3 fully saturated rings. The van der Waals surface area contributed by atoms with Crippen LogP contribution in [0.4, 0.5) is 0 Å². The molecule has 2 N–H and O–H groups in total. The second-order valence-corrected chi connectivity index (χ2v) is 15.3. The zero-order valence-electron chi connectivity index (χ0n) is 32.0. The lowest BCUT2D eigenvalue weighted by Crippen LogP contribution is -2.64.